The van der Waals surface area contributed by atoms with Crippen molar-refractivity contribution in [2.75, 3.05) is 0 Å². The molecule has 0 bridgehead atoms. The molecular weight excluding hydrogens is 577 g/mol. The van der Waals surface area contributed by atoms with Gasteiger partial charge in [0, 0.05) is 0 Å². The van der Waals surface area contributed by atoms with Gasteiger partial charge in [0.05, 0.1) is 37.0 Å². The van der Waals surface area contributed by atoms with Crippen LogP contribution in [0.3, 0.4) is 0 Å². The smallest absolute Gasteiger partial charge is 0.0616 e. The summed E-state index contributed by atoms with van der Waals surface area (Å²) in [7, 11) is 0. The summed E-state index contributed by atoms with van der Waals surface area (Å²) in [5.74, 6) is 0. The summed E-state index contributed by atoms with van der Waals surface area (Å²) in [6.45, 7) is 0. The van der Waals surface area contributed by atoms with Crippen LogP contribution >= 0.6 is 0 Å². The second-order valence-corrected chi connectivity index (χ2v) is 11.1. The van der Waals surface area contributed by atoms with Crippen LogP contribution in [0.5, 0.6) is 0 Å². The Kier molecular flexibility index (Phi) is 2.25. The van der Waals surface area contributed by atoms with Gasteiger partial charge in [-0.05, 0) is 121 Å². The average Bonchev–Trinajstić information content (AvgIpc) is 3.36. The third-order valence-electron chi connectivity index (χ3n) is 8.52. The molecular formula is C48H28. The molecule has 0 spiro atoms. The number of fused-ring (bicyclic) bond motifs is 1. The van der Waals surface area contributed by atoms with Crippen molar-refractivity contribution < 1.29 is 37.0 Å². The van der Waals surface area contributed by atoms with Crippen LogP contribution in [0.1, 0.15) is 37.0 Å². The SMILES string of the molecule is [2H]c1c([2H])c(-c2c([2H])c([2H])c3c([2H])c([2H])c4c([2H])c([2H])c([2H])c5c([2H])cc2c3c54)c([2H])c([2H])c1-c1c(-c2c([2H])c([2H])c3c([2H])c([2H])c4c([2H])c([2H])c([2H])c5c([2H])c([2H])c2c3c45)c([2H])c2c([2H])c([2H])c([2H])c([2H])c2c1[2H]. The van der Waals surface area contributed by atoms with Crippen molar-refractivity contribution in [3.63, 3.8) is 0 Å². The van der Waals surface area contributed by atoms with Crippen molar-refractivity contribution in [3.05, 3.63) is 169 Å². The van der Waals surface area contributed by atoms with Crippen LogP contribution in [-0.2, 0) is 0 Å². The molecule has 11 aromatic rings. The fraction of sp³-hybridized carbons (Fsp3) is 0. The minimum Gasteiger partial charge on any atom is -0.0616 e. The Bertz CT molecular complexity index is 4540. The zero-order valence-corrected chi connectivity index (χ0v) is 24.1. The van der Waals surface area contributed by atoms with Crippen molar-refractivity contribution in [1.29, 1.82) is 0 Å². The Morgan fingerprint density at radius 2 is 0.708 bits per heavy atom. The molecule has 0 heteroatoms. The van der Waals surface area contributed by atoms with Crippen molar-refractivity contribution >= 4 is 75.4 Å². The molecule has 0 aromatic heterocycles. The summed E-state index contributed by atoms with van der Waals surface area (Å²) in [5, 5.41) is -5.40. The van der Waals surface area contributed by atoms with Crippen LogP contribution in [-0.4, -0.2) is 0 Å². The molecule has 0 saturated heterocycles. The maximum atomic E-state index is 9.85. The van der Waals surface area contributed by atoms with Crippen LogP contribution in [0.15, 0.2) is 169 Å². The monoisotopic (exact) mass is 631 g/mol. The van der Waals surface area contributed by atoms with Gasteiger partial charge in [-0.25, -0.2) is 0 Å². The Hall–Kier alpha value is -6.24. The van der Waals surface area contributed by atoms with Crippen LogP contribution in [0.25, 0.3) is 109 Å². The standard InChI is InChI=1S/C48H28/c1-2-6-38-28-44(40-24-20-36-18-16-32-8-4-10-34-22-26-42(40)48(36)46(32)34)43(27-37(38)5-1)30-13-11-29(12-14-30)39-23-19-35-17-15-31-7-3-9-33-21-25-41(39)47(35)45(31)33/h1-28H/i1D,2D,3D,4D,5D,6D,7D,8D,9D,10D,11D,12D,13D,14D,15D,16D,17D,18D,19D,20D,21D,22D,23D,24D,26D,27D,28D. The molecule has 0 heterocycles. The number of rotatable bonds is 3. The predicted octanol–water partition coefficient (Wildman–Crippen LogP) is 13.6. The highest BCUT2D eigenvalue weighted by Crippen LogP contribution is 2.44. The maximum Gasteiger partial charge on any atom is 0.0636 e. The third kappa shape index (κ3) is 3.60. The van der Waals surface area contributed by atoms with Gasteiger partial charge in [-0.3, -0.25) is 0 Å². The lowest BCUT2D eigenvalue weighted by Crippen LogP contribution is -1.91. The van der Waals surface area contributed by atoms with Gasteiger partial charge >= 0.3 is 0 Å². The molecule has 11 aromatic carbocycles. The van der Waals surface area contributed by atoms with Gasteiger partial charge in [0.25, 0.3) is 0 Å². The van der Waals surface area contributed by atoms with Crippen molar-refractivity contribution in [3.8, 4) is 33.4 Å². The molecule has 48 heavy (non-hydrogen) atoms. The molecule has 0 aliphatic heterocycles. The van der Waals surface area contributed by atoms with E-state index in [0.717, 1.165) is 6.07 Å². The van der Waals surface area contributed by atoms with E-state index in [1.165, 1.54) is 0 Å². The van der Waals surface area contributed by atoms with Crippen molar-refractivity contribution in [2.45, 2.75) is 0 Å². The van der Waals surface area contributed by atoms with Crippen LogP contribution in [0, 0.1) is 0 Å². The molecule has 11 rings (SSSR count). The Morgan fingerprint density at radius 1 is 0.271 bits per heavy atom. The molecule has 0 aliphatic rings. The highest BCUT2D eigenvalue weighted by Gasteiger charge is 2.17. The fourth-order valence-electron chi connectivity index (χ4n) is 6.40. The molecule has 0 aliphatic carbocycles. The normalized spacial score (nSPS) is 20.0. The van der Waals surface area contributed by atoms with E-state index in [1.54, 1.807) is 0 Å². The first-order valence-corrected chi connectivity index (χ1v) is 14.6. The second kappa shape index (κ2) is 9.64. The quantitative estimate of drug-likeness (QED) is 0.170. The number of benzene rings is 11. The molecule has 0 unspecified atom stereocenters. The highest BCUT2D eigenvalue weighted by atomic mass is 14.2. The second-order valence-electron chi connectivity index (χ2n) is 11.1. The van der Waals surface area contributed by atoms with Gasteiger partial charge in [-0.1, -0.05) is 157 Å². The lowest BCUT2D eigenvalue weighted by molar-refractivity contribution is 1.61. The number of hydrogen-bond donors (Lipinski definition) is 0. The summed E-state index contributed by atoms with van der Waals surface area (Å²) in [4.78, 5) is 0. The lowest BCUT2D eigenvalue weighted by Gasteiger charge is -2.18. The first kappa shape index (κ1) is 11.2. The molecule has 220 valence electrons. The Balaban J connectivity index is 1.36. The fourth-order valence-corrected chi connectivity index (χ4v) is 6.40. The van der Waals surface area contributed by atoms with E-state index in [4.69, 9.17) is 20.6 Å². The van der Waals surface area contributed by atoms with E-state index in [-0.39, 0.29) is 43.1 Å². The zero-order chi connectivity index (χ0) is 54.8. The van der Waals surface area contributed by atoms with Gasteiger partial charge in [0.1, 0.15) is 0 Å². The van der Waals surface area contributed by atoms with E-state index in [0.29, 0.717) is 0 Å². The summed E-state index contributed by atoms with van der Waals surface area (Å²) in [6.07, 6.45) is 0. The van der Waals surface area contributed by atoms with E-state index < -0.39 is 229 Å². The van der Waals surface area contributed by atoms with Crippen molar-refractivity contribution in [2.24, 2.45) is 0 Å². The minimum absolute atomic E-state index is 0.153. The zero-order valence-electron chi connectivity index (χ0n) is 51.1. The first-order chi connectivity index (χ1) is 35.1. The lowest BCUT2D eigenvalue weighted by atomic mass is 9.85. The minimum atomic E-state index is -1.06. The van der Waals surface area contributed by atoms with E-state index in [9.17, 15) is 16.4 Å². The topological polar surface area (TPSA) is 0 Å². The number of hydrogen-bond acceptors (Lipinski definition) is 0. The van der Waals surface area contributed by atoms with Crippen LogP contribution in [0.2, 0.25) is 0 Å². The first-order valence-electron chi connectivity index (χ1n) is 28.1. The van der Waals surface area contributed by atoms with Crippen molar-refractivity contribution in [1.82, 2.24) is 0 Å². The average molecular weight is 632 g/mol. The van der Waals surface area contributed by atoms with Gasteiger partial charge < -0.3 is 0 Å². The van der Waals surface area contributed by atoms with Gasteiger partial charge in [0.15, 0.2) is 0 Å². The highest BCUT2D eigenvalue weighted by molar-refractivity contribution is 6.27. The molecule has 0 nitrogen and oxygen atoms in total. The van der Waals surface area contributed by atoms with Crippen LogP contribution in [0.4, 0.5) is 0 Å². The van der Waals surface area contributed by atoms with Gasteiger partial charge in [0.2, 0.25) is 0 Å². The molecule has 0 saturated carbocycles. The molecule has 0 amide bonds. The summed E-state index contributed by atoms with van der Waals surface area (Å²) >= 11 is 0. The molecule has 0 fully saturated rings. The van der Waals surface area contributed by atoms with Crippen LogP contribution < -0.4 is 0 Å². The van der Waals surface area contributed by atoms with E-state index in [1.807, 2.05) is 0 Å². The summed E-state index contributed by atoms with van der Waals surface area (Å²) < 4.78 is 246. The summed E-state index contributed by atoms with van der Waals surface area (Å²) in [5.41, 5.74) is -4.42. The van der Waals surface area contributed by atoms with E-state index >= 15 is 0 Å². The molecule has 0 N–H and O–H groups in total. The van der Waals surface area contributed by atoms with Gasteiger partial charge in [-0.15, -0.1) is 0 Å². The predicted molar refractivity (Wildman–Crippen MR) is 208 cm³/mol. The maximum absolute atomic E-state index is 9.85. The Morgan fingerprint density at radius 3 is 1.33 bits per heavy atom. The molecule has 0 radical (unpaired) electrons. The molecule has 0 atom stereocenters. The van der Waals surface area contributed by atoms with E-state index in [2.05, 4.69) is 0 Å². The third-order valence-corrected chi connectivity index (χ3v) is 8.52. The largest absolute Gasteiger partial charge is 0.0636 e. The Labute approximate surface area is 315 Å². The van der Waals surface area contributed by atoms with Gasteiger partial charge in [-0.2, -0.15) is 0 Å². The summed E-state index contributed by atoms with van der Waals surface area (Å²) in [6, 6.07) is -21.0.